The van der Waals surface area contributed by atoms with Gasteiger partial charge in [-0.1, -0.05) is 60.7 Å². The summed E-state index contributed by atoms with van der Waals surface area (Å²) in [7, 11) is 0. The average Bonchev–Trinajstić information content (AvgIpc) is 3.21. The Balaban J connectivity index is 1.44. The summed E-state index contributed by atoms with van der Waals surface area (Å²) in [4.78, 5) is 14.4. The van der Waals surface area contributed by atoms with Crippen molar-refractivity contribution < 1.29 is 14.3 Å². The maximum Gasteiger partial charge on any atom is 0.321 e. The van der Waals surface area contributed by atoms with Gasteiger partial charge in [0.1, 0.15) is 0 Å². The maximum absolute atomic E-state index is 12.6. The van der Waals surface area contributed by atoms with E-state index in [1.165, 1.54) is 6.42 Å². The molecule has 5 nitrogen and oxygen atoms in total. The van der Waals surface area contributed by atoms with Crippen molar-refractivity contribution in [3.8, 4) is 11.5 Å². The number of carbonyl (C=O) groups excluding carboxylic acids is 1. The van der Waals surface area contributed by atoms with E-state index < -0.39 is 5.79 Å². The summed E-state index contributed by atoms with van der Waals surface area (Å²) in [6.07, 6.45) is 3.31. The second kappa shape index (κ2) is 7.75. The average molecular weight is 400 g/mol. The molecule has 2 amide bonds. The van der Waals surface area contributed by atoms with Crippen LogP contribution in [0, 0.1) is 0 Å². The van der Waals surface area contributed by atoms with Crippen LogP contribution < -0.4 is 14.8 Å². The smallest absolute Gasteiger partial charge is 0.321 e. The fraction of sp³-hybridized carbons (Fsp3) is 0.240. The Bertz CT molecular complexity index is 991. The third-order valence-corrected chi connectivity index (χ3v) is 5.65. The van der Waals surface area contributed by atoms with Crippen LogP contribution in [0.25, 0.3) is 0 Å². The molecule has 0 radical (unpaired) electrons. The van der Waals surface area contributed by atoms with E-state index in [1.807, 2.05) is 83.8 Å². The van der Waals surface area contributed by atoms with Crippen molar-refractivity contribution in [2.45, 2.75) is 25.0 Å². The molecule has 1 saturated heterocycles. The van der Waals surface area contributed by atoms with Crippen LogP contribution in [0.3, 0.4) is 0 Å². The van der Waals surface area contributed by atoms with Gasteiger partial charge in [0.05, 0.1) is 0 Å². The van der Waals surface area contributed by atoms with Crippen LogP contribution in [0.15, 0.2) is 78.9 Å². The lowest BCUT2D eigenvalue weighted by Crippen LogP contribution is -2.38. The zero-order chi connectivity index (χ0) is 20.4. The first kappa shape index (κ1) is 18.6. The molecular formula is C25H24N2O3. The molecule has 0 spiro atoms. The second-order valence-corrected chi connectivity index (χ2v) is 7.69. The highest BCUT2D eigenvalue weighted by Crippen LogP contribution is 2.48. The Morgan fingerprint density at radius 1 is 0.767 bits per heavy atom. The zero-order valence-corrected chi connectivity index (χ0v) is 16.7. The van der Waals surface area contributed by atoms with Gasteiger partial charge in [-0.25, -0.2) is 4.79 Å². The van der Waals surface area contributed by atoms with Gasteiger partial charge in [0.25, 0.3) is 0 Å². The van der Waals surface area contributed by atoms with Crippen LogP contribution in [-0.4, -0.2) is 24.0 Å². The minimum absolute atomic E-state index is 0.0639. The van der Waals surface area contributed by atoms with Crippen LogP contribution >= 0.6 is 0 Å². The third-order valence-electron chi connectivity index (χ3n) is 5.65. The van der Waals surface area contributed by atoms with E-state index in [1.54, 1.807) is 0 Å². The standard InChI is InChI=1S/C25H24N2O3/c28-24(27-16-8-3-9-17-27)26-21-14-15-22-23(18-21)30-25(29-22,19-10-4-1-5-11-19)20-12-6-2-7-13-20/h1-2,4-7,10-15,18H,3,8-9,16-17H2,(H,26,28). The van der Waals surface area contributed by atoms with Gasteiger partial charge < -0.3 is 19.7 Å². The monoisotopic (exact) mass is 400 g/mol. The quantitative estimate of drug-likeness (QED) is 0.642. The largest absolute Gasteiger partial charge is 0.440 e. The number of hydrogen-bond donors (Lipinski definition) is 1. The lowest BCUT2D eigenvalue weighted by molar-refractivity contribution is -0.0458. The first-order chi connectivity index (χ1) is 14.7. The fourth-order valence-electron chi connectivity index (χ4n) is 4.10. The maximum atomic E-state index is 12.6. The minimum Gasteiger partial charge on any atom is -0.440 e. The van der Waals surface area contributed by atoms with Gasteiger partial charge in [-0.05, 0) is 31.4 Å². The zero-order valence-electron chi connectivity index (χ0n) is 16.7. The molecule has 1 N–H and O–H groups in total. The molecule has 30 heavy (non-hydrogen) atoms. The van der Waals surface area contributed by atoms with E-state index in [-0.39, 0.29) is 6.03 Å². The van der Waals surface area contributed by atoms with Gasteiger partial charge in [0.15, 0.2) is 11.5 Å². The molecule has 3 aromatic rings. The highest BCUT2D eigenvalue weighted by molar-refractivity contribution is 5.89. The van der Waals surface area contributed by atoms with E-state index in [0.29, 0.717) is 17.2 Å². The Kier molecular flexibility index (Phi) is 4.79. The SMILES string of the molecule is O=C(Nc1ccc2c(c1)OC(c1ccccc1)(c1ccccc1)O2)N1CCCCC1. The second-order valence-electron chi connectivity index (χ2n) is 7.69. The number of ether oxygens (including phenoxy) is 2. The number of rotatable bonds is 3. The molecule has 152 valence electrons. The minimum atomic E-state index is -1.06. The predicted octanol–water partition coefficient (Wildman–Crippen LogP) is 5.38. The lowest BCUT2D eigenvalue weighted by atomic mass is 9.97. The van der Waals surface area contributed by atoms with E-state index in [0.717, 1.165) is 37.1 Å². The van der Waals surface area contributed by atoms with E-state index in [4.69, 9.17) is 9.47 Å². The number of nitrogens with one attached hydrogen (secondary N) is 1. The van der Waals surface area contributed by atoms with Crippen LogP contribution in [0.1, 0.15) is 30.4 Å². The van der Waals surface area contributed by atoms with Crippen LogP contribution in [0.4, 0.5) is 10.5 Å². The summed E-state index contributed by atoms with van der Waals surface area (Å²) < 4.78 is 12.8. The number of hydrogen-bond acceptors (Lipinski definition) is 3. The predicted molar refractivity (Wildman–Crippen MR) is 116 cm³/mol. The van der Waals surface area contributed by atoms with Gasteiger partial charge >= 0.3 is 11.8 Å². The van der Waals surface area contributed by atoms with Crippen molar-refractivity contribution in [3.05, 3.63) is 90.0 Å². The van der Waals surface area contributed by atoms with Crippen molar-refractivity contribution in [1.82, 2.24) is 4.90 Å². The molecule has 2 aliphatic heterocycles. The van der Waals surface area contributed by atoms with Crippen molar-refractivity contribution in [1.29, 1.82) is 0 Å². The topological polar surface area (TPSA) is 50.8 Å². The number of urea groups is 1. The number of likely N-dealkylation sites (tertiary alicyclic amines) is 1. The first-order valence-electron chi connectivity index (χ1n) is 10.4. The number of piperidine rings is 1. The van der Waals surface area contributed by atoms with Gasteiger partial charge in [-0.3, -0.25) is 0 Å². The number of anilines is 1. The van der Waals surface area contributed by atoms with Crippen LogP contribution in [0.5, 0.6) is 11.5 Å². The first-order valence-corrected chi connectivity index (χ1v) is 10.4. The molecule has 0 aromatic heterocycles. The van der Waals surface area contributed by atoms with Gasteiger partial charge in [-0.2, -0.15) is 0 Å². The summed E-state index contributed by atoms with van der Waals surface area (Å²) in [5, 5.41) is 3.00. The number of carbonyl (C=O) groups is 1. The van der Waals surface area contributed by atoms with Gasteiger partial charge in [-0.15, -0.1) is 0 Å². The molecule has 0 bridgehead atoms. The van der Waals surface area contributed by atoms with Gasteiger partial charge in [0.2, 0.25) is 0 Å². The Labute approximate surface area is 176 Å². The molecule has 1 fully saturated rings. The summed E-state index contributed by atoms with van der Waals surface area (Å²) in [6, 6.07) is 25.3. The normalized spacial score (nSPS) is 16.9. The summed E-state index contributed by atoms with van der Waals surface area (Å²) in [6.45, 7) is 1.61. The molecule has 0 saturated carbocycles. The molecule has 0 unspecified atom stereocenters. The van der Waals surface area contributed by atoms with Crippen molar-refractivity contribution in [2.75, 3.05) is 18.4 Å². The Morgan fingerprint density at radius 2 is 1.37 bits per heavy atom. The highest BCUT2D eigenvalue weighted by atomic mass is 16.7. The highest BCUT2D eigenvalue weighted by Gasteiger charge is 2.45. The number of nitrogens with zero attached hydrogens (tertiary/aromatic N) is 1. The molecule has 5 rings (SSSR count). The summed E-state index contributed by atoms with van der Waals surface area (Å²) in [5.41, 5.74) is 2.52. The van der Waals surface area contributed by atoms with E-state index in [9.17, 15) is 4.79 Å². The van der Waals surface area contributed by atoms with Crippen LogP contribution in [-0.2, 0) is 5.79 Å². The van der Waals surface area contributed by atoms with Crippen molar-refractivity contribution in [2.24, 2.45) is 0 Å². The number of benzene rings is 3. The third kappa shape index (κ3) is 3.36. The van der Waals surface area contributed by atoms with Crippen LogP contribution in [0.2, 0.25) is 0 Å². The van der Waals surface area contributed by atoms with Gasteiger partial charge in [0, 0.05) is 36.0 Å². The van der Waals surface area contributed by atoms with Crippen molar-refractivity contribution >= 4 is 11.7 Å². The molecular weight excluding hydrogens is 376 g/mol. The lowest BCUT2D eigenvalue weighted by Gasteiger charge is -2.28. The molecule has 5 heteroatoms. The Hall–Kier alpha value is -3.47. The summed E-state index contributed by atoms with van der Waals surface area (Å²) in [5.74, 6) is 0.207. The fourth-order valence-corrected chi connectivity index (χ4v) is 4.10. The number of amides is 2. The van der Waals surface area contributed by atoms with E-state index >= 15 is 0 Å². The summed E-state index contributed by atoms with van der Waals surface area (Å²) >= 11 is 0. The molecule has 0 atom stereocenters. The Morgan fingerprint density at radius 3 is 2.00 bits per heavy atom. The molecule has 3 aromatic carbocycles. The molecule has 2 aliphatic rings. The van der Waals surface area contributed by atoms with Crippen molar-refractivity contribution in [3.63, 3.8) is 0 Å². The molecule has 0 aliphatic carbocycles. The van der Waals surface area contributed by atoms with E-state index in [2.05, 4.69) is 5.32 Å². The molecule has 2 heterocycles. The number of fused-ring (bicyclic) bond motifs is 1.